The highest BCUT2D eigenvalue weighted by Gasteiger charge is 2.66. The number of benzene rings is 3. The zero-order chi connectivity index (χ0) is 35.8. The summed E-state index contributed by atoms with van der Waals surface area (Å²) in [7, 11) is -3.40. The molecular formula is C40H48FN5O4Si. The summed E-state index contributed by atoms with van der Waals surface area (Å²) >= 11 is 0. The minimum absolute atomic E-state index is 0.0884. The molecule has 5 atom stereocenters. The molecule has 51 heavy (non-hydrogen) atoms. The van der Waals surface area contributed by atoms with Gasteiger partial charge in [-0.3, -0.25) is 14.3 Å². The number of fused-ring (bicyclic) bond motifs is 2. The van der Waals surface area contributed by atoms with Gasteiger partial charge in [-0.1, -0.05) is 85.6 Å². The standard InChI is InChI=1S/C40H48FN5O4Si/c1-28-38(51(2,3)41)36(21-23-44-26-34(42-43-44)32(27-47)30-16-10-7-11-17-30)50-40(28)33-24-31(45-22-13-5-4-12-18-37(45)48)19-20-35(33)46(39(40)49)25-29-14-8-6-9-15-29/h6-11,14-17,19-20,24,26,28,32,36,38,47H,4-5,12-13,18,21-23,25,27H2,1-3H3/t28-,32?,36+,38-,40+/m0/s1. The molecule has 2 saturated heterocycles. The number of ether oxygens (including phenoxy) is 1. The van der Waals surface area contributed by atoms with Crippen LogP contribution in [0.5, 0.6) is 0 Å². The second-order valence-electron chi connectivity index (χ2n) is 14.9. The maximum absolute atomic E-state index is 16.6. The maximum atomic E-state index is 16.6. The van der Waals surface area contributed by atoms with Gasteiger partial charge < -0.3 is 23.8 Å². The van der Waals surface area contributed by atoms with Gasteiger partial charge in [0, 0.05) is 48.4 Å². The first-order chi connectivity index (χ1) is 24.6. The van der Waals surface area contributed by atoms with Gasteiger partial charge in [0.05, 0.1) is 36.6 Å². The smallest absolute Gasteiger partial charge is 0.264 e. The first-order valence-corrected chi connectivity index (χ1v) is 21.3. The van der Waals surface area contributed by atoms with Crippen molar-refractivity contribution in [3.05, 3.63) is 107 Å². The second kappa shape index (κ2) is 14.4. The third kappa shape index (κ3) is 6.67. The number of hydrogen-bond donors (Lipinski definition) is 1. The largest absolute Gasteiger partial charge is 0.395 e. The van der Waals surface area contributed by atoms with Crippen LogP contribution in [0.2, 0.25) is 18.6 Å². The van der Waals surface area contributed by atoms with Gasteiger partial charge in [-0.15, -0.1) is 5.10 Å². The van der Waals surface area contributed by atoms with Crippen LogP contribution in [-0.4, -0.2) is 59.6 Å². The van der Waals surface area contributed by atoms with E-state index in [2.05, 4.69) is 10.3 Å². The minimum atomic E-state index is -3.40. The third-order valence-corrected chi connectivity index (χ3v) is 13.7. The Labute approximate surface area is 300 Å². The molecule has 0 aliphatic carbocycles. The van der Waals surface area contributed by atoms with Crippen LogP contribution in [-0.2, 0) is 33.0 Å². The van der Waals surface area contributed by atoms with E-state index < -0.39 is 31.6 Å². The first kappa shape index (κ1) is 35.2. The number of rotatable bonds is 10. The van der Waals surface area contributed by atoms with Crippen molar-refractivity contribution in [1.82, 2.24) is 15.0 Å². The van der Waals surface area contributed by atoms with Gasteiger partial charge in [-0.2, -0.15) is 0 Å². The molecule has 2 amide bonds. The van der Waals surface area contributed by atoms with Crippen LogP contribution in [0.4, 0.5) is 15.5 Å². The number of hydrogen-bond acceptors (Lipinski definition) is 6. The molecule has 3 aliphatic heterocycles. The first-order valence-electron chi connectivity index (χ1n) is 18.3. The van der Waals surface area contributed by atoms with E-state index in [1.807, 2.05) is 96.9 Å². The van der Waals surface area contributed by atoms with Crippen LogP contribution in [0.25, 0.3) is 0 Å². The normalized spacial score (nSPS) is 24.5. The fraction of sp³-hybridized carbons (Fsp3) is 0.450. The average molecular weight is 710 g/mol. The third-order valence-electron chi connectivity index (χ3n) is 11.2. The van der Waals surface area contributed by atoms with Gasteiger partial charge in [0.25, 0.3) is 5.91 Å². The fourth-order valence-electron chi connectivity index (χ4n) is 8.73. The molecule has 0 saturated carbocycles. The van der Waals surface area contributed by atoms with Gasteiger partial charge >= 0.3 is 0 Å². The van der Waals surface area contributed by atoms with Crippen molar-refractivity contribution in [3.63, 3.8) is 0 Å². The Hall–Kier alpha value is -4.19. The number of anilines is 2. The summed E-state index contributed by atoms with van der Waals surface area (Å²) in [5.74, 6) is -0.866. The molecule has 4 aromatic rings. The topological polar surface area (TPSA) is 101 Å². The molecule has 1 N–H and O–H groups in total. The van der Waals surface area contributed by atoms with Gasteiger partial charge in [-0.05, 0) is 61.7 Å². The molecule has 1 spiro atoms. The molecule has 11 heteroatoms. The lowest BCUT2D eigenvalue weighted by atomic mass is 9.82. The van der Waals surface area contributed by atoms with Crippen LogP contribution in [0.15, 0.2) is 85.1 Å². The van der Waals surface area contributed by atoms with E-state index in [-0.39, 0.29) is 24.3 Å². The molecule has 1 aromatic heterocycles. The quantitative estimate of drug-likeness (QED) is 0.139. The number of carbonyl (C=O) groups is 2. The highest BCUT2D eigenvalue weighted by molar-refractivity contribution is 6.72. The van der Waals surface area contributed by atoms with E-state index in [9.17, 15) is 14.7 Å². The number of aryl methyl sites for hydroxylation is 1. The van der Waals surface area contributed by atoms with E-state index in [1.165, 1.54) is 0 Å². The Kier molecular flexibility index (Phi) is 9.97. The summed E-state index contributed by atoms with van der Waals surface area (Å²) in [6.45, 7) is 6.67. The highest BCUT2D eigenvalue weighted by Crippen LogP contribution is 2.60. The Morgan fingerprint density at radius 1 is 1.00 bits per heavy atom. The molecular weight excluding hydrogens is 662 g/mol. The SMILES string of the molecule is C[C@H]1[C@H]([Si](C)(C)F)[C@@H](CCn2cc(C(CO)c3ccccc3)nn2)O[C@]12C(=O)N(Cc1ccccc1)c1ccc(N3CCCCCCC3=O)cc12. The monoisotopic (exact) mass is 709 g/mol. The molecule has 1 unspecified atom stereocenters. The molecule has 268 valence electrons. The molecule has 2 fully saturated rings. The Bertz CT molecular complexity index is 1850. The Morgan fingerprint density at radius 3 is 2.45 bits per heavy atom. The lowest BCUT2D eigenvalue weighted by molar-refractivity contribution is -0.146. The lowest BCUT2D eigenvalue weighted by Crippen LogP contribution is -2.45. The van der Waals surface area contributed by atoms with Crippen molar-refractivity contribution in [1.29, 1.82) is 0 Å². The number of aliphatic hydroxyl groups excluding tert-OH is 1. The van der Waals surface area contributed by atoms with Crippen LogP contribution >= 0.6 is 0 Å². The van der Waals surface area contributed by atoms with Crippen LogP contribution in [0, 0.1) is 5.92 Å². The zero-order valence-corrected chi connectivity index (χ0v) is 30.7. The fourth-order valence-corrected chi connectivity index (χ4v) is 11.3. The summed E-state index contributed by atoms with van der Waals surface area (Å²) in [5.41, 5.74) is 2.92. The van der Waals surface area contributed by atoms with Gasteiger partial charge in [0.1, 0.15) is 0 Å². The van der Waals surface area contributed by atoms with E-state index in [4.69, 9.17) is 4.74 Å². The van der Waals surface area contributed by atoms with Crippen molar-refractivity contribution in [2.45, 2.75) is 94.8 Å². The van der Waals surface area contributed by atoms with Gasteiger partial charge in [0.15, 0.2) is 5.60 Å². The van der Waals surface area contributed by atoms with E-state index in [0.29, 0.717) is 43.7 Å². The molecule has 3 aliphatic rings. The van der Waals surface area contributed by atoms with Crippen LogP contribution in [0.1, 0.15) is 73.8 Å². The van der Waals surface area contributed by atoms with Gasteiger partial charge in [-0.25, -0.2) is 0 Å². The van der Waals surface area contributed by atoms with Crippen LogP contribution in [0.3, 0.4) is 0 Å². The summed E-state index contributed by atoms with van der Waals surface area (Å²) in [5, 5.41) is 18.9. The molecule has 4 heterocycles. The predicted octanol–water partition coefficient (Wildman–Crippen LogP) is 7.11. The Balaban J connectivity index is 1.23. The molecule has 3 aromatic carbocycles. The zero-order valence-electron chi connectivity index (χ0n) is 29.7. The van der Waals surface area contributed by atoms with Crippen molar-refractivity contribution in [2.24, 2.45) is 5.92 Å². The number of carbonyl (C=O) groups excluding carboxylic acids is 2. The van der Waals surface area contributed by atoms with Crippen molar-refractivity contribution in [2.75, 3.05) is 23.0 Å². The molecule has 7 rings (SSSR count). The van der Waals surface area contributed by atoms with Gasteiger partial charge in [0.2, 0.25) is 14.3 Å². The van der Waals surface area contributed by atoms with E-state index >= 15 is 4.11 Å². The number of amides is 2. The summed E-state index contributed by atoms with van der Waals surface area (Å²) in [6.07, 6.45) is 6.12. The second-order valence-corrected chi connectivity index (χ2v) is 18.7. The van der Waals surface area contributed by atoms with E-state index in [1.54, 1.807) is 22.7 Å². The summed E-state index contributed by atoms with van der Waals surface area (Å²) in [6, 6.07) is 25.4. The van der Waals surface area contributed by atoms with Crippen molar-refractivity contribution < 1.29 is 23.5 Å². The lowest BCUT2D eigenvalue weighted by Gasteiger charge is -2.32. The molecule has 0 radical (unpaired) electrons. The maximum Gasteiger partial charge on any atom is 0.264 e. The molecule has 0 bridgehead atoms. The predicted molar refractivity (Wildman–Crippen MR) is 198 cm³/mol. The minimum Gasteiger partial charge on any atom is -0.395 e. The highest BCUT2D eigenvalue weighted by atomic mass is 28.4. The van der Waals surface area contributed by atoms with Crippen molar-refractivity contribution >= 4 is 31.6 Å². The summed E-state index contributed by atoms with van der Waals surface area (Å²) in [4.78, 5) is 32.0. The van der Waals surface area contributed by atoms with Crippen LogP contribution < -0.4 is 9.80 Å². The van der Waals surface area contributed by atoms with E-state index in [0.717, 1.165) is 48.2 Å². The van der Waals surface area contributed by atoms with Crippen molar-refractivity contribution in [3.8, 4) is 0 Å². The number of halogens is 1. The number of aromatic nitrogens is 3. The molecule has 9 nitrogen and oxygen atoms in total. The average Bonchev–Trinajstić information content (AvgIpc) is 3.77. The number of aliphatic hydroxyl groups is 1. The summed E-state index contributed by atoms with van der Waals surface area (Å²) < 4.78 is 25.3. The Morgan fingerprint density at radius 2 is 1.73 bits per heavy atom. The number of nitrogens with zero attached hydrogens (tertiary/aromatic N) is 5.